The van der Waals surface area contributed by atoms with Crippen LogP contribution in [0.3, 0.4) is 0 Å². The summed E-state index contributed by atoms with van der Waals surface area (Å²) in [5, 5.41) is 0. The molecular weight excluding hydrogens is 251 g/mol. The largest absolute Gasteiger partial charge is 0.487 e. The van der Waals surface area contributed by atoms with Gasteiger partial charge in [-0.1, -0.05) is 12.1 Å². The number of hydrogen-bond acceptors (Lipinski definition) is 4. The molecule has 20 heavy (non-hydrogen) atoms. The van der Waals surface area contributed by atoms with Crippen molar-refractivity contribution < 1.29 is 9.31 Å². The Morgan fingerprint density at radius 2 is 1.90 bits per heavy atom. The molecule has 108 valence electrons. The summed E-state index contributed by atoms with van der Waals surface area (Å²) >= 11 is 0. The molecule has 1 saturated heterocycles. The monoisotopic (exact) mass is 274 g/mol. The zero-order valence-corrected chi connectivity index (χ0v) is 12.7. The van der Waals surface area contributed by atoms with Gasteiger partial charge in [-0.05, 0) is 57.9 Å². The zero-order chi connectivity index (χ0) is 14.8. The Bertz CT molecular complexity index is 484. The van der Waals surface area contributed by atoms with Crippen molar-refractivity contribution in [2.75, 3.05) is 6.54 Å². The van der Waals surface area contributed by atoms with E-state index in [0.29, 0.717) is 6.54 Å². The average molecular weight is 274 g/mol. The molecule has 0 aromatic carbocycles. The molecule has 1 aliphatic rings. The molecule has 1 aromatic rings. The van der Waals surface area contributed by atoms with Gasteiger partial charge in [0, 0.05) is 12.4 Å². The molecule has 0 radical (unpaired) electrons. The van der Waals surface area contributed by atoms with E-state index in [-0.39, 0.29) is 18.3 Å². The molecule has 0 saturated carbocycles. The summed E-state index contributed by atoms with van der Waals surface area (Å²) in [6.45, 7) is 8.81. The van der Waals surface area contributed by atoms with Gasteiger partial charge in [-0.15, -0.1) is 0 Å². The van der Waals surface area contributed by atoms with Crippen LogP contribution in [0.2, 0.25) is 0 Å². The molecule has 2 heterocycles. The molecule has 5 heteroatoms. The third kappa shape index (κ3) is 3.11. The van der Waals surface area contributed by atoms with Crippen molar-refractivity contribution >= 4 is 13.2 Å². The van der Waals surface area contributed by atoms with Crippen molar-refractivity contribution in [3.05, 3.63) is 35.6 Å². The predicted molar refractivity (Wildman–Crippen MR) is 82.1 cm³/mol. The number of nitrogens with zero attached hydrogens (tertiary/aromatic N) is 1. The topological polar surface area (TPSA) is 57.4 Å². The smallest absolute Gasteiger partial charge is 0.400 e. The normalized spacial score (nSPS) is 20.8. The molecule has 0 spiro atoms. The molecule has 2 rings (SSSR count). The van der Waals surface area contributed by atoms with Crippen molar-refractivity contribution in [1.82, 2.24) is 4.98 Å². The van der Waals surface area contributed by atoms with Crippen LogP contribution in [0.15, 0.2) is 24.4 Å². The highest BCUT2D eigenvalue weighted by Crippen LogP contribution is 2.37. The van der Waals surface area contributed by atoms with Crippen molar-refractivity contribution in [1.29, 1.82) is 0 Å². The standard InChI is InChI=1S/C15H23BN2O2/c1-14(2)15(3,4)20-16(19-14)8-5-12-7-10-18-11-13(12)6-9-17/h5,7-8,10-11H,6,9,17H2,1-4H3/b8-5+. The number of pyridine rings is 1. The Morgan fingerprint density at radius 1 is 1.25 bits per heavy atom. The van der Waals surface area contributed by atoms with Crippen molar-refractivity contribution in [2.45, 2.75) is 45.3 Å². The lowest BCUT2D eigenvalue weighted by Crippen LogP contribution is -2.41. The Hall–Kier alpha value is -1.17. The van der Waals surface area contributed by atoms with E-state index in [1.165, 1.54) is 0 Å². The second kappa shape index (κ2) is 5.68. The summed E-state index contributed by atoms with van der Waals surface area (Å²) in [5.74, 6) is 1.95. The lowest BCUT2D eigenvalue weighted by atomic mass is 9.88. The second-order valence-corrected chi connectivity index (χ2v) is 6.10. The van der Waals surface area contributed by atoms with Gasteiger partial charge in [0.2, 0.25) is 0 Å². The van der Waals surface area contributed by atoms with Crippen LogP contribution in [0.5, 0.6) is 0 Å². The van der Waals surface area contributed by atoms with Crippen LogP contribution in [0.4, 0.5) is 0 Å². The first-order valence-electron chi connectivity index (χ1n) is 7.02. The third-order valence-electron chi connectivity index (χ3n) is 4.06. The maximum atomic E-state index is 5.94. The number of hydrogen-bond donors (Lipinski definition) is 1. The highest BCUT2D eigenvalue weighted by Gasteiger charge is 2.49. The summed E-state index contributed by atoms with van der Waals surface area (Å²) in [7, 11) is -0.320. The van der Waals surface area contributed by atoms with Gasteiger partial charge < -0.3 is 15.0 Å². The quantitative estimate of drug-likeness (QED) is 0.855. The van der Waals surface area contributed by atoms with Crippen LogP contribution >= 0.6 is 0 Å². The summed E-state index contributed by atoms with van der Waals surface area (Å²) in [6, 6.07) is 1.98. The minimum Gasteiger partial charge on any atom is -0.400 e. The first kappa shape index (κ1) is 15.2. The zero-order valence-electron chi connectivity index (χ0n) is 12.7. The maximum Gasteiger partial charge on any atom is 0.487 e. The lowest BCUT2D eigenvalue weighted by molar-refractivity contribution is 0.00578. The van der Waals surface area contributed by atoms with Crippen LogP contribution in [-0.2, 0) is 15.7 Å². The molecule has 1 aromatic heterocycles. The van der Waals surface area contributed by atoms with E-state index in [9.17, 15) is 0 Å². The van der Waals surface area contributed by atoms with Gasteiger partial charge in [-0.3, -0.25) is 4.98 Å². The van der Waals surface area contributed by atoms with Gasteiger partial charge in [-0.25, -0.2) is 0 Å². The summed E-state index contributed by atoms with van der Waals surface area (Å²) in [6.07, 6.45) is 6.48. The molecule has 1 aliphatic heterocycles. The second-order valence-electron chi connectivity index (χ2n) is 6.10. The van der Waals surface area contributed by atoms with E-state index < -0.39 is 0 Å². The van der Waals surface area contributed by atoms with Gasteiger partial charge in [0.15, 0.2) is 0 Å². The maximum absolute atomic E-state index is 5.94. The van der Waals surface area contributed by atoms with E-state index in [2.05, 4.69) is 4.98 Å². The van der Waals surface area contributed by atoms with Crippen LogP contribution < -0.4 is 5.73 Å². The molecule has 1 fully saturated rings. The fourth-order valence-electron chi connectivity index (χ4n) is 2.11. The van der Waals surface area contributed by atoms with E-state index in [4.69, 9.17) is 15.0 Å². The first-order chi connectivity index (χ1) is 9.36. The average Bonchev–Trinajstić information content (AvgIpc) is 2.57. The molecular formula is C15H23BN2O2. The van der Waals surface area contributed by atoms with Gasteiger partial charge in [0.1, 0.15) is 0 Å². The van der Waals surface area contributed by atoms with Gasteiger partial charge in [0.05, 0.1) is 11.2 Å². The molecule has 0 amide bonds. The van der Waals surface area contributed by atoms with Crippen LogP contribution in [0, 0.1) is 0 Å². The Kier molecular flexibility index (Phi) is 4.32. The molecule has 0 atom stereocenters. The molecule has 0 unspecified atom stereocenters. The predicted octanol–water partition coefficient (Wildman–Crippen LogP) is 2.23. The van der Waals surface area contributed by atoms with Gasteiger partial charge in [0.25, 0.3) is 0 Å². The minimum absolute atomic E-state index is 0.305. The SMILES string of the molecule is CC1(C)OB(/C=C/c2ccncc2CCN)OC1(C)C. The Balaban J connectivity index is 2.12. The van der Waals surface area contributed by atoms with Gasteiger partial charge >= 0.3 is 7.12 Å². The van der Waals surface area contributed by atoms with Crippen LogP contribution in [0.1, 0.15) is 38.8 Å². The summed E-state index contributed by atoms with van der Waals surface area (Å²) < 4.78 is 11.9. The van der Waals surface area contributed by atoms with Crippen LogP contribution in [0.25, 0.3) is 6.08 Å². The number of rotatable bonds is 4. The fraction of sp³-hybridized carbons (Fsp3) is 0.533. The van der Waals surface area contributed by atoms with E-state index in [0.717, 1.165) is 17.5 Å². The molecule has 0 aliphatic carbocycles. The van der Waals surface area contributed by atoms with Crippen molar-refractivity contribution in [3.63, 3.8) is 0 Å². The van der Waals surface area contributed by atoms with Crippen molar-refractivity contribution in [3.8, 4) is 0 Å². The number of nitrogens with two attached hydrogens (primary N) is 1. The highest BCUT2D eigenvalue weighted by molar-refractivity contribution is 6.52. The number of aromatic nitrogens is 1. The summed E-state index contributed by atoms with van der Waals surface area (Å²) in [4.78, 5) is 4.14. The minimum atomic E-state index is -0.320. The van der Waals surface area contributed by atoms with Gasteiger partial charge in [-0.2, -0.15) is 0 Å². The molecule has 0 bridgehead atoms. The van der Waals surface area contributed by atoms with Crippen molar-refractivity contribution in [2.24, 2.45) is 5.73 Å². The molecule has 4 nitrogen and oxygen atoms in total. The highest BCUT2D eigenvalue weighted by atomic mass is 16.7. The molecule has 2 N–H and O–H groups in total. The van der Waals surface area contributed by atoms with E-state index in [1.54, 1.807) is 6.20 Å². The van der Waals surface area contributed by atoms with Crippen LogP contribution in [-0.4, -0.2) is 29.8 Å². The lowest BCUT2D eigenvalue weighted by Gasteiger charge is -2.32. The summed E-state index contributed by atoms with van der Waals surface area (Å²) in [5.41, 5.74) is 7.26. The fourth-order valence-corrected chi connectivity index (χ4v) is 2.11. The Labute approximate surface area is 121 Å². The van der Waals surface area contributed by atoms with E-state index >= 15 is 0 Å². The van der Waals surface area contributed by atoms with E-state index in [1.807, 2.05) is 52.0 Å². The third-order valence-corrected chi connectivity index (χ3v) is 4.06. The Morgan fingerprint density at radius 3 is 2.50 bits per heavy atom. The first-order valence-corrected chi connectivity index (χ1v) is 7.02.